The molecule has 2 aliphatic heterocycles. The molecule has 2 aromatic rings. The molecule has 6 nitrogen and oxygen atoms in total. The number of rotatable bonds is 4. The molecule has 0 N–H and O–H groups in total. The molecule has 0 radical (unpaired) electrons. The number of aryl methyl sites for hydroxylation is 1. The van der Waals surface area contributed by atoms with Crippen LogP contribution < -0.4 is 0 Å². The zero-order chi connectivity index (χ0) is 16.4. The van der Waals surface area contributed by atoms with Gasteiger partial charge in [-0.1, -0.05) is 6.07 Å². The third-order valence-electron chi connectivity index (χ3n) is 5.20. The Labute approximate surface area is 143 Å². The molecule has 0 unspecified atom stereocenters. The first-order valence-electron chi connectivity index (χ1n) is 8.73. The molecule has 6 heteroatoms. The van der Waals surface area contributed by atoms with Crippen LogP contribution in [0.1, 0.15) is 17.7 Å². The van der Waals surface area contributed by atoms with E-state index in [1.54, 1.807) is 0 Å². The molecule has 0 saturated carbocycles. The van der Waals surface area contributed by atoms with Crippen LogP contribution in [0.3, 0.4) is 0 Å². The maximum atomic E-state index is 6.06. The second kappa shape index (κ2) is 7.01. The quantitative estimate of drug-likeness (QED) is 0.847. The summed E-state index contributed by atoms with van der Waals surface area (Å²) in [7, 11) is 2.01. The molecule has 0 spiro atoms. The third-order valence-corrected chi connectivity index (χ3v) is 5.20. The molecule has 2 saturated heterocycles. The number of aromatic nitrogens is 3. The van der Waals surface area contributed by atoms with Crippen LogP contribution in [-0.2, 0) is 24.9 Å². The number of piperidine rings is 1. The lowest BCUT2D eigenvalue weighted by Crippen LogP contribution is -2.59. The number of likely N-dealkylation sites (tertiary alicyclic amines) is 1. The zero-order valence-corrected chi connectivity index (χ0v) is 14.2. The molecule has 0 amide bonds. The van der Waals surface area contributed by atoms with Gasteiger partial charge in [0.1, 0.15) is 0 Å². The van der Waals surface area contributed by atoms with Gasteiger partial charge in [0.25, 0.3) is 0 Å². The van der Waals surface area contributed by atoms with E-state index in [-0.39, 0.29) is 0 Å². The van der Waals surface area contributed by atoms with E-state index in [0.29, 0.717) is 12.1 Å². The van der Waals surface area contributed by atoms with Crippen molar-refractivity contribution in [3.8, 4) is 0 Å². The van der Waals surface area contributed by atoms with E-state index in [4.69, 9.17) is 4.74 Å². The minimum Gasteiger partial charge on any atom is -0.375 e. The van der Waals surface area contributed by atoms with Crippen LogP contribution in [-0.4, -0.2) is 63.0 Å². The Hall–Kier alpha value is -1.76. The topological polar surface area (TPSA) is 46.4 Å². The van der Waals surface area contributed by atoms with E-state index < -0.39 is 0 Å². The Bertz CT molecular complexity index is 658. The van der Waals surface area contributed by atoms with Crippen molar-refractivity contribution in [3.63, 3.8) is 0 Å². The largest absolute Gasteiger partial charge is 0.375 e. The summed E-state index contributed by atoms with van der Waals surface area (Å²) in [5.41, 5.74) is 2.55. The van der Waals surface area contributed by atoms with Crippen molar-refractivity contribution < 1.29 is 4.74 Å². The predicted molar refractivity (Wildman–Crippen MR) is 91.3 cm³/mol. The number of hydrogen-bond acceptors (Lipinski definition) is 5. The Balaban J connectivity index is 1.44. The summed E-state index contributed by atoms with van der Waals surface area (Å²) in [6.45, 7) is 5.89. The summed E-state index contributed by atoms with van der Waals surface area (Å²) in [4.78, 5) is 9.35. The first kappa shape index (κ1) is 15.7. The van der Waals surface area contributed by atoms with E-state index in [0.717, 1.165) is 45.8 Å². The third kappa shape index (κ3) is 3.36. The fourth-order valence-corrected chi connectivity index (χ4v) is 3.86. The van der Waals surface area contributed by atoms with Crippen molar-refractivity contribution in [2.24, 2.45) is 7.05 Å². The van der Waals surface area contributed by atoms with Gasteiger partial charge in [0, 0.05) is 64.4 Å². The SMILES string of the molecule is Cn1nccc1CN1CC[C@@H]2OCCN(Cc3cccnc3)[C@H]2C1. The van der Waals surface area contributed by atoms with E-state index in [2.05, 4.69) is 32.0 Å². The van der Waals surface area contributed by atoms with Gasteiger partial charge in [-0.05, 0) is 24.1 Å². The highest BCUT2D eigenvalue weighted by Crippen LogP contribution is 2.25. The molecule has 24 heavy (non-hydrogen) atoms. The highest BCUT2D eigenvalue weighted by atomic mass is 16.5. The van der Waals surface area contributed by atoms with Crippen LogP contribution in [0.4, 0.5) is 0 Å². The second-order valence-corrected chi connectivity index (χ2v) is 6.78. The Kier molecular flexibility index (Phi) is 4.60. The smallest absolute Gasteiger partial charge is 0.0755 e. The molecular weight excluding hydrogens is 302 g/mol. The van der Waals surface area contributed by atoms with Gasteiger partial charge in [0.15, 0.2) is 0 Å². The summed E-state index contributed by atoms with van der Waals surface area (Å²) in [5.74, 6) is 0. The first-order valence-corrected chi connectivity index (χ1v) is 8.73. The van der Waals surface area contributed by atoms with Crippen LogP contribution in [0.25, 0.3) is 0 Å². The summed E-state index contributed by atoms with van der Waals surface area (Å²) in [5, 5.41) is 4.28. The van der Waals surface area contributed by atoms with Gasteiger partial charge < -0.3 is 4.74 Å². The Morgan fingerprint density at radius 1 is 1.21 bits per heavy atom. The summed E-state index contributed by atoms with van der Waals surface area (Å²) >= 11 is 0. The van der Waals surface area contributed by atoms with Crippen molar-refractivity contribution in [1.82, 2.24) is 24.6 Å². The number of fused-ring (bicyclic) bond motifs is 1. The molecule has 4 rings (SSSR count). The van der Waals surface area contributed by atoms with E-state index in [9.17, 15) is 0 Å². The van der Waals surface area contributed by atoms with E-state index in [1.165, 1.54) is 11.3 Å². The number of ether oxygens (including phenoxy) is 1. The lowest BCUT2D eigenvalue weighted by atomic mass is 9.98. The average Bonchev–Trinajstić information content (AvgIpc) is 3.01. The summed E-state index contributed by atoms with van der Waals surface area (Å²) < 4.78 is 8.02. The molecule has 0 aromatic carbocycles. The number of pyridine rings is 1. The second-order valence-electron chi connectivity index (χ2n) is 6.78. The van der Waals surface area contributed by atoms with E-state index >= 15 is 0 Å². The molecule has 2 aliphatic rings. The molecule has 0 aliphatic carbocycles. The molecule has 128 valence electrons. The standard InChI is InChI=1S/C18H25N5O/c1-21-16(4-7-20-21)13-22-8-5-18-17(14-22)23(9-10-24-18)12-15-3-2-6-19-11-15/h2-4,6-7,11,17-18H,5,8-10,12-14H2,1H3/t17-,18-/m0/s1. The normalized spacial score (nSPS) is 25.5. The summed E-state index contributed by atoms with van der Waals surface area (Å²) in [6.07, 6.45) is 7.15. The van der Waals surface area contributed by atoms with Gasteiger partial charge in [0.2, 0.25) is 0 Å². The molecule has 0 bridgehead atoms. The lowest BCUT2D eigenvalue weighted by molar-refractivity contribution is -0.107. The van der Waals surface area contributed by atoms with Gasteiger partial charge in [-0.15, -0.1) is 0 Å². The van der Waals surface area contributed by atoms with Crippen molar-refractivity contribution in [3.05, 3.63) is 48.0 Å². The van der Waals surface area contributed by atoms with Crippen molar-refractivity contribution in [2.45, 2.75) is 31.7 Å². The fraction of sp³-hybridized carbons (Fsp3) is 0.556. The van der Waals surface area contributed by atoms with Gasteiger partial charge >= 0.3 is 0 Å². The van der Waals surface area contributed by atoms with Crippen LogP contribution >= 0.6 is 0 Å². The molecule has 2 aromatic heterocycles. The number of nitrogens with zero attached hydrogens (tertiary/aromatic N) is 5. The van der Waals surface area contributed by atoms with Crippen LogP contribution in [0, 0.1) is 0 Å². The maximum absolute atomic E-state index is 6.06. The monoisotopic (exact) mass is 327 g/mol. The van der Waals surface area contributed by atoms with Gasteiger partial charge in [-0.25, -0.2) is 0 Å². The Morgan fingerprint density at radius 2 is 2.17 bits per heavy atom. The molecule has 2 fully saturated rings. The number of hydrogen-bond donors (Lipinski definition) is 0. The molecule has 2 atom stereocenters. The number of morpholine rings is 1. The fourth-order valence-electron chi connectivity index (χ4n) is 3.86. The molecular formula is C18H25N5O. The molecule has 4 heterocycles. The average molecular weight is 327 g/mol. The minimum atomic E-state index is 0.359. The summed E-state index contributed by atoms with van der Waals surface area (Å²) in [6, 6.07) is 6.74. The van der Waals surface area contributed by atoms with Crippen LogP contribution in [0.2, 0.25) is 0 Å². The van der Waals surface area contributed by atoms with Crippen molar-refractivity contribution in [1.29, 1.82) is 0 Å². The van der Waals surface area contributed by atoms with Crippen LogP contribution in [0.5, 0.6) is 0 Å². The van der Waals surface area contributed by atoms with Crippen molar-refractivity contribution >= 4 is 0 Å². The highest BCUT2D eigenvalue weighted by molar-refractivity contribution is 5.09. The highest BCUT2D eigenvalue weighted by Gasteiger charge is 2.37. The minimum absolute atomic E-state index is 0.359. The van der Waals surface area contributed by atoms with Gasteiger partial charge in [-0.3, -0.25) is 19.5 Å². The maximum Gasteiger partial charge on any atom is 0.0755 e. The zero-order valence-electron chi connectivity index (χ0n) is 14.2. The van der Waals surface area contributed by atoms with Crippen molar-refractivity contribution in [2.75, 3.05) is 26.2 Å². The van der Waals surface area contributed by atoms with Gasteiger partial charge in [0.05, 0.1) is 18.4 Å². The predicted octanol–water partition coefficient (Wildman–Crippen LogP) is 1.29. The Morgan fingerprint density at radius 3 is 2.96 bits per heavy atom. The lowest BCUT2D eigenvalue weighted by Gasteiger charge is -2.47. The first-order chi connectivity index (χ1) is 11.8. The van der Waals surface area contributed by atoms with Crippen LogP contribution in [0.15, 0.2) is 36.8 Å². The van der Waals surface area contributed by atoms with E-state index in [1.807, 2.05) is 36.4 Å². The van der Waals surface area contributed by atoms with Gasteiger partial charge in [-0.2, -0.15) is 5.10 Å².